The first-order valence-electron chi connectivity index (χ1n) is 8.33. The third kappa shape index (κ3) is 2.76. The zero-order valence-corrected chi connectivity index (χ0v) is 13.7. The Hall–Kier alpha value is -0.870. The summed E-state index contributed by atoms with van der Waals surface area (Å²) in [4.78, 5) is 16.7. The second kappa shape index (κ2) is 6.49. The molecule has 0 saturated heterocycles. The third-order valence-electron chi connectivity index (χ3n) is 5.30. The summed E-state index contributed by atoms with van der Waals surface area (Å²) in [7, 11) is 0. The molecule has 3 unspecified atom stereocenters. The van der Waals surface area contributed by atoms with Crippen LogP contribution in [0.5, 0.6) is 0 Å². The van der Waals surface area contributed by atoms with Crippen LogP contribution in [-0.2, 0) is 11.2 Å². The second-order valence-electron chi connectivity index (χ2n) is 6.36. The predicted octanol–water partition coefficient (Wildman–Crippen LogP) is 3.14. The number of carbonyl (C=O) groups is 1. The van der Waals surface area contributed by atoms with Crippen molar-refractivity contribution in [2.45, 2.75) is 57.4 Å². The molecule has 4 heteroatoms. The monoisotopic (exact) mass is 306 g/mol. The molecule has 1 saturated carbocycles. The van der Waals surface area contributed by atoms with Gasteiger partial charge in [0.2, 0.25) is 5.91 Å². The van der Waals surface area contributed by atoms with Gasteiger partial charge in [0.05, 0.1) is 5.92 Å². The molecule has 21 heavy (non-hydrogen) atoms. The first-order chi connectivity index (χ1) is 10.3. The summed E-state index contributed by atoms with van der Waals surface area (Å²) in [6, 6.07) is 2.54. The minimum Gasteiger partial charge on any atom is -0.339 e. The first-order valence-corrected chi connectivity index (χ1v) is 9.21. The Bertz CT molecular complexity index is 499. The van der Waals surface area contributed by atoms with Gasteiger partial charge in [0, 0.05) is 17.5 Å². The Labute approximate surface area is 131 Å². The van der Waals surface area contributed by atoms with Gasteiger partial charge in [-0.3, -0.25) is 4.79 Å². The standard InChI is InChI=1S/C17H26N2OS/c1-2-19(15-7-3-5-12(15)11-18)17(20)14-6-4-8-16-13(14)9-10-21-16/h9-10,12,14-15H,2-8,11,18H2,1H3. The molecule has 0 radical (unpaired) electrons. The van der Waals surface area contributed by atoms with Crippen molar-refractivity contribution in [3.8, 4) is 0 Å². The van der Waals surface area contributed by atoms with Crippen molar-refractivity contribution in [2.75, 3.05) is 13.1 Å². The lowest BCUT2D eigenvalue weighted by Crippen LogP contribution is -2.46. The molecule has 2 aliphatic rings. The number of carbonyl (C=O) groups excluding carboxylic acids is 1. The van der Waals surface area contributed by atoms with Crippen LogP contribution < -0.4 is 5.73 Å². The van der Waals surface area contributed by atoms with E-state index in [0.29, 0.717) is 24.4 Å². The van der Waals surface area contributed by atoms with Crippen LogP contribution in [0.15, 0.2) is 11.4 Å². The van der Waals surface area contributed by atoms with E-state index in [0.717, 1.165) is 32.2 Å². The van der Waals surface area contributed by atoms with E-state index in [1.807, 2.05) is 11.3 Å². The topological polar surface area (TPSA) is 46.3 Å². The maximum atomic E-state index is 13.1. The summed E-state index contributed by atoms with van der Waals surface area (Å²) in [6.07, 6.45) is 6.83. The highest BCUT2D eigenvalue weighted by atomic mass is 32.1. The van der Waals surface area contributed by atoms with Gasteiger partial charge in [-0.15, -0.1) is 11.3 Å². The quantitative estimate of drug-likeness (QED) is 0.929. The van der Waals surface area contributed by atoms with E-state index in [4.69, 9.17) is 5.73 Å². The van der Waals surface area contributed by atoms with Gasteiger partial charge in [0.1, 0.15) is 0 Å². The summed E-state index contributed by atoms with van der Waals surface area (Å²) in [5.74, 6) is 0.945. The fourth-order valence-corrected chi connectivity index (χ4v) is 5.19. The van der Waals surface area contributed by atoms with Crippen LogP contribution in [0.2, 0.25) is 0 Å². The number of amides is 1. The van der Waals surface area contributed by atoms with Crippen LogP contribution in [0, 0.1) is 5.92 Å². The van der Waals surface area contributed by atoms with Crippen molar-refractivity contribution >= 4 is 17.2 Å². The van der Waals surface area contributed by atoms with Crippen LogP contribution in [-0.4, -0.2) is 29.9 Å². The summed E-state index contributed by atoms with van der Waals surface area (Å²) >= 11 is 1.81. The zero-order valence-electron chi connectivity index (χ0n) is 12.9. The fraction of sp³-hybridized carbons (Fsp3) is 0.706. The molecule has 2 aliphatic carbocycles. The fourth-order valence-electron chi connectivity index (χ4n) is 4.20. The molecule has 0 aromatic carbocycles. The highest BCUT2D eigenvalue weighted by molar-refractivity contribution is 7.10. The molecule has 0 bridgehead atoms. The van der Waals surface area contributed by atoms with Gasteiger partial charge in [-0.2, -0.15) is 0 Å². The van der Waals surface area contributed by atoms with Gasteiger partial charge in [0.15, 0.2) is 0 Å². The van der Waals surface area contributed by atoms with Gasteiger partial charge in [0.25, 0.3) is 0 Å². The Morgan fingerprint density at radius 1 is 1.38 bits per heavy atom. The summed E-state index contributed by atoms with van der Waals surface area (Å²) < 4.78 is 0. The number of nitrogens with two attached hydrogens (primary N) is 1. The van der Waals surface area contributed by atoms with E-state index in [1.165, 1.54) is 23.3 Å². The van der Waals surface area contributed by atoms with Gasteiger partial charge in [-0.1, -0.05) is 6.42 Å². The Kier molecular flexibility index (Phi) is 4.65. The molecule has 3 nitrogen and oxygen atoms in total. The van der Waals surface area contributed by atoms with Gasteiger partial charge in [-0.05, 0) is 68.5 Å². The SMILES string of the molecule is CCN(C(=O)C1CCCc2sccc21)C1CCCC1CN. The molecule has 1 fully saturated rings. The molecule has 3 atom stereocenters. The Morgan fingerprint density at radius 3 is 3.00 bits per heavy atom. The summed E-state index contributed by atoms with van der Waals surface area (Å²) in [5.41, 5.74) is 7.22. The lowest BCUT2D eigenvalue weighted by Gasteiger charge is -2.35. The number of likely N-dealkylation sites (N-methyl/N-ethyl adjacent to an activating group) is 1. The van der Waals surface area contributed by atoms with Gasteiger partial charge < -0.3 is 10.6 Å². The molecule has 1 amide bonds. The van der Waals surface area contributed by atoms with Crippen molar-refractivity contribution < 1.29 is 4.79 Å². The first kappa shape index (κ1) is 15.0. The van der Waals surface area contributed by atoms with E-state index in [9.17, 15) is 4.79 Å². The second-order valence-corrected chi connectivity index (χ2v) is 7.36. The highest BCUT2D eigenvalue weighted by Gasteiger charge is 2.37. The van der Waals surface area contributed by atoms with Crippen LogP contribution in [0.25, 0.3) is 0 Å². The van der Waals surface area contributed by atoms with Gasteiger partial charge >= 0.3 is 0 Å². The molecule has 1 heterocycles. The third-order valence-corrected chi connectivity index (χ3v) is 6.29. The van der Waals surface area contributed by atoms with Crippen molar-refractivity contribution in [1.29, 1.82) is 0 Å². The summed E-state index contributed by atoms with van der Waals surface area (Å²) in [5, 5.41) is 2.14. The van der Waals surface area contributed by atoms with E-state index in [-0.39, 0.29) is 5.92 Å². The highest BCUT2D eigenvalue weighted by Crippen LogP contribution is 2.38. The molecule has 1 aromatic heterocycles. The molecule has 116 valence electrons. The maximum Gasteiger partial charge on any atom is 0.230 e. The number of hydrogen-bond acceptors (Lipinski definition) is 3. The average Bonchev–Trinajstić information content (AvgIpc) is 3.16. The van der Waals surface area contributed by atoms with Gasteiger partial charge in [-0.25, -0.2) is 0 Å². The van der Waals surface area contributed by atoms with Crippen molar-refractivity contribution in [3.63, 3.8) is 0 Å². The molecule has 2 N–H and O–H groups in total. The number of rotatable bonds is 4. The number of nitrogens with zero attached hydrogens (tertiary/aromatic N) is 1. The number of hydrogen-bond donors (Lipinski definition) is 1. The molecular formula is C17H26N2OS. The molecular weight excluding hydrogens is 280 g/mol. The van der Waals surface area contributed by atoms with E-state index < -0.39 is 0 Å². The van der Waals surface area contributed by atoms with Crippen molar-refractivity contribution in [1.82, 2.24) is 4.90 Å². The number of thiophene rings is 1. The minimum absolute atomic E-state index is 0.0963. The van der Waals surface area contributed by atoms with Crippen LogP contribution in [0.1, 0.15) is 55.4 Å². The Balaban J connectivity index is 1.80. The smallest absolute Gasteiger partial charge is 0.230 e. The molecule has 3 rings (SSSR count). The maximum absolute atomic E-state index is 13.1. The number of aryl methyl sites for hydroxylation is 1. The van der Waals surface area contributed by atoms with Crippen molar-refractivity contribution in [3.05, 3.63) is 21.9 Å². The lowest BCUT2D eigenvalue weighted by molar-refractivity contribution is -0.136. The predicted molar refractivity (Wildman–Crippen MR) is 87.6 cm³/mol. The number of fused-ring (bicyclic) bond motifs is 1. The van der Waals surface area contributed by atoms with E-state index in [2.05, 4.69) is 23.3 Å². The Morgan fingerprint density at radius 2 is 2.24 bits per heavy atom. The largest absolute Gasteiger partial charge is 0.339 e. The van der Waals surface area contributed by atoms with E-state index in [1.54, 1.807) is 0 Å². The minimum atomic E-state index is 0.0963. The average molecular weight is 306 g/mol. The van der Waals surface area contributed by atoms with E-state index >= 15 is 0 Å². The molecule has 1 aromatic rings. The zero-order chi connectivity index (χ0) is 14.8. The van der Waals surface area contributed by atoms with Crippen LogP contribution in [0.3, 0.4) is 0 Å². The molecule has 0 spiro atoms. The molecule has 0 aliphatic heterocycles. The van der Waals surface area contributed by atoms with Crippen molar-refractivity contribution in [2.24, 2.45) is 11.7 Å². The summed E-state index contributed by atoms with van der Waals surface area (Å²) in [6.45, 7) is 3.64. The normalized spacial score (nSPS) is 28.4. The van der Waals surface area contributed by atoms with Crippen LogP contribution >= 0.6 is 11.3 Å². The van der Waals surface area contributed by atoms with Crippen LogP contribution in [0.4, 0.5) is 0 Å². The lowest BCUT2D eigenvalue weighted by atomic mass is 9.86.